The standard InChI is InChI=1S/C48H62N10O13/c1-48(2,3)71-47(64)54-34-10-6-5-9-33(34)53-46-56-41(39(40(49)60)42-51-14-16-57(42)46)52-29-26-30(65-4)28-31(27-29)70-25-24-69-23-22-68-21-20-67-19-18-66-17-15-50-35-11-7-8-32-38(35)45(63)58(44(32)62)36-12-13-37(59)55-43(36)61/h7-8,11,14,16,26-28,33-34,36,50,52H,5-6,9-10,12-13,15,17-25H2,1-4H3,(H2,49,60)(H,53,56)(H,54,64)(H,55,59,61)/t33-,34+,36?/m0/s1. The number of nitrogens with zero attached hydrogens (tertiary/aromatic N) is 4. The summed E-state index contributed by atoms with van der Waals surface area (Å²) < 4.78 is 41.3. The Morgan fingerprint density at radius 3 is 2.20 bits per heavy atom. The summed E-state index contributed by atoms with van der Waals surface area (Å²) in [5, 5.41) is 15.1. The molecular formula is C48H62N10O13. The van der Waals surface area contributed by atoms with Gasteiger partial charge in [-0.25, -0.2) is 9.78 Å². The summed E-state index contributed by atoms with van der Waals surface area (Å²) in [5.41, 5.74) is 6.97. The van der Waals surface area contributed by atoms with E-state index in [0.29, 0.717) is 87.3 Å². The Balaban J connectivity index is 0.791. The molecule has 0 spiro atoms. The Morgan fingerprint density at radius 2 is 1.52 bits per heavy atom. The van der Waals surface area contributed by atoms with Crippen molar-refractivity contribution in [2.75, 3.05) is 89.1 Å². The number of fused-ring (bicyclic) bond motifs is 2. The van der Waals surface area contributed by atoms with Crippen molar-refractivity contribution in [3.05, 3.63) is 65.5 Å². The summed E-state index contributed by atoms with van der Waals surface area (Å²) in [6.07, 6.45) is 6.27. The van der Waals surface area contributed by atoms with Gasteiger partial charge >= 0.3 is 6.09 Å². The Labute approximate surface area is 410 Å². The van der Waals surface area contributed by atoms with Crippen molar-refractivity contribution in [2.45, 2.75) is 83.0 Å². The van der Waals surface area contributed by atoms with Gasteiger partial charge in [-0.1, -0.05) is 18.9 Å². The molecule has 2 aromatic heterocycles. The largest absolute Gasteiger partial charge is 0.497 e. The van der Waals surface area contributed by atoms with Crippen LogP contribution in [-0.2, 0) is 33.3 Å². The van der Waals surface area contributed by atoms with Gasteiger partial charge in [0.2, 0.25) is 17.8 Å². The second kappa shape index (κ2) is 24.2. The molecule has 2 aliphatic heterocycles. The first-order valence-corrected chi connectivity index (χ1v) is 23.6. The van der Waals surface area contributed by atoms with Gasteiger partial charge in [-0.15, -0.1) is 0 Å². The maximum absolute atomic E-state index is 13.3. The van der Waals surface area contributed by atoms with Crippen molar-refractivity contribution < 1.29 is 61.9 Å². The van der Waals surface area contributed by atoms with Gasteiger partial charge in [0.1, 0.15) is 35.3 Å². The Kier molecular flexibility index (Phi) is 17.6. The third kappa shape index (κ3) is 13.6. The van der Waals surface area contributed by atoms with E-state index in [1.165, 1.54) is 7.11 Å². The summed E-state index contributed by atoms with van der Waals surface area (Å²) in [6.45, 7) is 8.64. The van der Waals surface area contributed by atoms with Crippen LogP contribution in [0.15, 0.2) is 48.8 Å². The molecule has 4 heterocycles. The van der Waals surface area contributed by atoms with E-state index < -0.39 is 47.3 Å². The summed E-state index contributed by atoms with van der Waals surface area (Å²) in [4.78, 5) is 86.1. The zero-order chi connectivity index (χ0) is 50.5. The van der Waals surface area contributed by atoms with Crippen LogP contribution in [-0.4, -0.2) is 152 Å². The van der Waals surface area contributed by atoms with Crippen LogP contribution < -0.4 is 41.8 Å². The number of methoxy groups -OCH3 is 1. The second-order valence-corrected chi connectivity index (χ2v) is 17.9. The van der Waals surface area contributed by atoms with E-state index in [9.17, 15) is 28.8 Å². The lowest BCUT2D eigenvalue weighted by molar-refractivity contribution is -0.136. The molecule has 6 amide bonds. The van der Waals surface area contributed by atoms with Crippen LogP contribution in [0.4, 0.5) is 27.9 Å². The number of anilines is 4. The van der Waals surface area contributed by atoms with E-state index in [4.69, 9.17) is 43.9 Å². The molecule has 3 aliphatic rings. The number of piperidine rings is 1. The van der Waals surface area contributed by atoms with Gasteiger partial charge < -0.3 is 60.2 Å². The van der Waals surface area contributed by atoms with Crippen LogP contribution in [0.2, 0.25) is 0 Å². The van der Waals surface area contributed by atoms with Crippen molar-refractivity contribution >= 4 is 64.4 Å². The highest BCUT2D eigenvalue weighted by Crippen LogP contribution is 2.34. The van der Waals surface area contributed by atoms with Crippen LogP contribution >= 0.6 is 0 Å². The molecule has 4 aromatic rings. The van der Waals surface area contributed by atoms with E-state index in [2.05, 4.69) is 31.6 Å². The van der Waals surface area contributed by atoms with Crippen molar-refractivity contribution in [2.24, 2.45) is 5.73 Å². The van der Waals surface area contributed by atoms with Gasteiger partial charge in [-0.2, -0.15) is 4.98 Å². The van der Waals surface area contributed by atoms with Crippen LogP contribution in [0.5, 0.6) is 11.5 Å². The Bertz CT molecular complexity index is 2570. The number of aromatic nitrogens is 3. The van der Waals surface area contributed by atoms with E-state index in [1.807, 2.05) is 20.8 Å². The predicted molar refractivity (Wildman–Crippen MR) is 257 cm³/mol. The first kappa shape index (κ1) is 51.8. The number of benzene rings is 2. The fraction of sp³-hybridized carbons (Fsp3) is 0.500. The number of primary amides is 1. The minimum Gasteiger partial charge on any atom is -0.497 e. The molecule has 1 aliphatic carbocycles. The quantitative estimate of drug-likeness (QED) is 0.0407. The minimum absolute atomic E-state index is 0.0472. The number of hydrogen-bond donors (Lipinski definition) is 6. The molecular weight excluding hydrogens is 925 g/mol. The maximum atomic E-state index is 13.3. The summed E-state index contributed by atoms with van der Waals surface area (Å²) in [6, 6.07) is 8.59. The van der Waals surface area contributed by atoms with Gasteiger partial charge in [0.25, 0.3) is 17.7 Å². The number of nitrogens with two attached hydrogens (primary N) is 1. The maximum Gasteiger partial charge on any atom is 0.407 e. The number of carbonyl (C=O) groups is 6. The number of nitrogens with one attached hydrogen (secondary N) is 5. The molecule has 0 radical (unpaired) electrons. The molecule has 3 atom stereocenters. The van der Waals surface area contributed by atoms with Crippen molar-refractivity contribution in [1.82, 2.24) is 29.9 Å². The molecule has 2 fully saturated rings. The molecule has 1 saturated carbocycles. The highest BCUT2D eigenvalue weighted by Gasteiger charge is 2.45. The molecule has 1 saturated heterocycles. The minimum atomic E-state index is -1.04. The summed E-state index contributed by atoms with van der Waals surface area (Å²) >= 11 is 0. The topological polar surface area (TPSA) is 287 Å². The lowest BCUT2D eigenvalue weighted by Gasteiger charge is -2.34. The molecule has 71 heavy (non-hydrogen) atoms. The third-order valence-corrected chi connectivity index (χ3v) is 11.6. The van der Waals surface area contributed by atoms with Crippen molar-refractivity contribution in [3.8, 4) is 11.5 Å². The third-order valence-electron chi connectivity index (χ3n) is 11.6. The normalized spacial score (nSPS) is 18.0. The number of imide groups is 2. The smallest absolute Gasteiger partial charge is 0.407 e. The lowest BCUT2D eigenvalue weighted by Crippen LogP contribution is -2.54. The Morgan fingerprint density at radius 1 is 0.845 bits per heavy atom. The van der Waals surface area contributed by atoms with Gasteiger partial charge in [-0.3, -0.25) is 38.6 Å². The highest BCUT2D eigenvalue weighted by molar-refractivity contribution is 6.25. The van der Waals surface area contributed by atoms with E-state index in [1.54, 1.807) is 53.2 Å². The van der Waals surface area contributed by atoms with Crippen LogP contribution in [0, 0.1) is 0 Å². The van der Waals surface area contributed by atoms with Gasteiger partial charge in [0, 0.05) is 61.0 Å². The molecule has 2 aromatic carbocycles. The number of rotatable bonds is 25. The van der Waals surface area contributed by atoms with Crippen LogP contribution in [0.25, 0.3) is 5.65 Å². The predicted octanol–water partition coefficient (Wildman–Crippen LogP) is 3.79. The number of hydrogen-bond acceptors (Lipinski definition) is 18. The molecule has 7 rings (SSSR count). The summed E-state index contributed by atoms with van der Waals surface area (Å²) in [7, 11) is 1.53. The second-order valence-electron chi connectivity index (χ2n) is 17.9. The Hall–Kier alpha value is -7.08. The molecule has 7 N–H and O–H groups in total. The van der Waals surface area contributed by atoms with Crippen LogP contribution in [0.1, 0.15) is 90.4 Å². The molecule has 23 heteroatoms. The average Bonchev–Trinajstić information content (AvgIpc) is 3.91. The van der Waals surface area contributed by atoms with E-state index in [-0.39, 0.29) is 60.6 Å². The zero-order valence-electron chi connectivity index (χ0n) is 40.3. The average molecular weight is 987 g/mol. The van der Waals surface area contributed by atoms with E-state index in [0.717, 1.165) is 30.6 Å². The SMILES string of the molecule is COc1cc(Nc2nc(N[C@H]3CCCC[C@H]3NC(=O)OC(C)(C)C)n3ccnc3c2C(N)=O)cc(OCCOCCOCCOCCOCCNc2cccc3c2C(=O)N(C2CCC(=O)NC2=O)C3=O)c1. The molecule has 382 valence electrons. The van der Waals surface area contributed by atoms with Gasteiger partial charge in [-0.05, 0) is 52.2 Å². The molecule has 1 unspecified atom stereocenters. The number of ether oxygens (including phenoxy) is 7. The van der Waals surface area contributed by atoms with E-state index >= 15 is 0 Å². The first-order chi connectivity index (χ1) is 34.2. The van der Waals surface area contributed by atoms with Crippen molar-refractivity contribution in [1.29, 1.82) is 0 Å². The zero-order valence-corrected chi connectivity index (χ0v) is 40.3. The monoisotopic (exact) mass is 986 g/mol. The number of imidazole rings is 1. The van der Waals surface area contributed by atoms with Gasteiger partial charge in [0.15, 0.2) is 11.5 Å². The van der Waals surface area contributed by atoms with Gasteiger partial charge in [0.05, 0.1) is 77.1 Å². The number of amides is 6. The number of alkyl carbamates (subject to hydrolysis) is 1. The first-order valence-electron chi connectivity index (χ1n) is 23.6. The fourth-order valence-corrected chi connectivity index (χ4v) is 8.38. The highest BCUT2D eigenvalue weighted by atomic mass is 16.6. The van der Waals surface area contributed by atoms with Crippen molar-refractivity contribution in [3.63, 3.8) is 0 Å². The lowest BCUT2D eigenvalue weighted by atomic mass is 9.90. The summed E-state index contributed by atoms with van der Waals surface area (Å²) in [5.74, 6) is -1.46. The fourth-order valence-electron chi connectivity index (χ4n) is 8.38. The molecule has 23 nitrogen and oxygen atoms in total. The number of carbonyl (C=O) groups excluding carboxylic acids is 6. The van der Waals surface area contributed by atoms with Crippen LogP contribution in [0.3, 0.4) is 0 Å². The molecule has 0 bridgehead atoms.